The van der Waals surface area contributed by atoms with Crippen LogP contribution in [0.1, 0.15) is 35.2 Å². The van der Waals surface area contributed by atoms with Crippen molar-refractivity contribution in [3.05, 3.63) is 35.4 Å². The molecule has 2 rings (SSSR count). The first-order valence-electron chi connectivity index (χ1n) is 7.15. The fourth-order valence-corrected chi connectivity index (χ4v) is 2.67. The van der Waals surface area contributed by atoms with Gasteiger partial charge in [-0.2, -0.15) is 0 Å². The summed E-state index contributed by atoms with van der Waals surface area (Å²) >= 11 is 0. The number of piperidine rings is 1. The van der Waals surface area contributed by atoms with E-state index in [1.165, 1.54) is 5.56 Å². The monoisotopic (exact) mass is 261 g/mol. The number of ketones is 1. The molecule has 0 radical (unpaired) electrons. The van der Waals surface area contributed by atoms with Crippen molar-refractivity contribution in [1.29, 1.82) is 0 Å². The van der Waals surface area contributed by atoms with Crippen molar-refractivity contribution in [1.82, 2.24) is 4.90 Å². The van der Waals surface area contributed by atoms with Crippen molar-refractivity contribution in [2.24, 2.45) is 5.92 Å². The van der Waals surface area contributed by atoms with Gasteiger partial charge in [-0.05, 0) is 39.3 Å². The molecule has 1 N–H and O–H groups in total. The third-order valence-corrected chi connectivity index (χ3v) is 3.93. The Balaban J connectivity index is 1.87. The van der Waals surface area contributed by atoms with Crippen molar-refractivity contribution in [3.63, 3.8) is 0 Å². The second kappa shape index (κ2) is 6.83. The molecule has 1 aromatic rings. The Kier molecular flexibility index (Phi) is 5.11. The minimum Gasteiger partial charge on any atom is -0.396 e. The zero-order valence-corrected chi connectivity index (χ0v) is 11.6. The molecular weight excluding hydrogens is 238 g/mol. The molecule has 3 nitrogen and oxygen atoms in total. The van der Waals surface area contributed by atoms with Crippen LogP contribution in [-0.2, 0) is 0 Å². The van der Waals surface area contributed by atoms with Gasteiger partial charge >= 0.3 is 0 Å². The van der Waals surface area contributed by atoms with Gasteiger partial charge in [0, 0.05) is 24.6 Å². The molecule has 0 amide bonds. The van der Waals surface area contributed by atoms with Crippen molar-refractivity contribution in [3.8, 4) is 0 Å². The first kappa shape index (κ1) is 14.2. The van der Waals surface area contributed by atoms with Gasteiger partial charge in [-0.1, -0.05) is 29.8 Å². The van der Waals surface area contributed by atoms with Crippen LogP contribution >= 0.6 is 0 Å². The number of carbonyl (C=O) groups is 1. The molecule has 19 heavy (non-hydrogen) atoms. The summed E-state index contributed by atoms with van der Waals surface area (Å²) in [6.45, 7) is 5.18. The van der Waals surface area contributed by atoms with Crippen molar-refractivity contribution in [2.45, 2.75) is 26.2 Å². The van der Waals surface area contributed by atoms with Gasteiger partial charge in [0.25, 0.3) is 0 Å². The summed E-state index contributed by atoms with van der Waals surface area (Å²) in [6, 6.07) is 7.89. The SMILES string of the molecule is Cc1ccc(C(=O)C2CCN(CCCO)CC2)cc1. The van der Waals surface area contributed by atoms with Crippen LogP contribution in [0.3, 0.4) is 0 Å². The summed E-state index contributed by atoms with van der Waals surface area (Å²) in [5, 5.41) is 8.83. The Hall–Kier alpha value is -1.19. The molecule has 1 fully saturated rings. The maximum Gasteiger partial charge on any atom is 0.166 e. The Morgan fingerprint density at radius 1 is 1.26 bits per heavy atom. The van der Waals surface area contributed by atoms with Crippen LogP contribution in [0.25, 0.3) is 0 Å². The van der Waals surface area contributed by atoms with E-state index in [9.17, 15) is 4.79 Å². The molecule has 3 heteroatoms. The van der Waals surface area contributed by atoms with E-state index in [4.69, 9.17) is 5.11 Å². The molecule has 0 aliphatic carbocycles. The van der Waals surface area contributed by atoms with Gasteiger partial charge in [-0.15, -0.1) is 0 Å². The Morgan fingerprint density at radius 2 is 1.89 bits per heavy atom. The van der Waals surface area contributed by atoms with Crippen molar-refractivity contribution < 1.29 is 9.90 Å². The predicted molar refractivity (Wildman–Crippen MR) is 76.4 cm³/mol. The first-order chi connectivity index (χ1) is 9.20. The van der Waals surface area contributed by atoms with E-state index in [0.717, 1.165) is 44.5 Å². The molecule has 0 aromatic heterocycles. The topological polar surface area (TPSA) is 40.5 Å². The van der Waals surface area contributed by atoms with E-state index >= 15 is 0 Å². The summed E-state index contributed by atoms with van der Waals surface area (Å²) in [7, 11) is 0. The molecule has 1 aliphatic heterocycles. The van der Waals surface area contributed by atoms with Gasteiger partial charge in [-0.25, -0.2) is 0 Å². The molecule has 104 valence electrons. The number of carbonyl (C=O) groups excluding carboxylic acids is 1. The van der Waals surface area contributed by atoms with Crippen LogP contribution in [0.4, 0.5) is 0 Å². The van der Waals surface area contributed by atoms with Gasteiger partial charge in [0.1, 0.15) is 0 Å². The number of nitrogens with zero attached hydrogens (tertiary/aromatic N) is 1. The Bertz CT molecular complexity index is 405. The van der Waals surface area contributed by atoms with Crippen molar-refractivity contribution >= 4 is 5.78 Å². The largest absolute Gasteiger partial charge is 0.396 e. The average molecular weight is 261 g/mol. The predicted octanol–water partition coefficient (Wildman–Crippen LogP) is 2.27. The number of aliphatic hydroxyl groups is 1. The first-order valence-corrected chi connectivity index (χ1v) is 7.15. The Morgan fingerprint density at radius 3 is 2.47 bits per heavy atom. The molecule has 0 unspecified atom stereocenters. The molecule has 1 aliphatic rings. The molecule has 1 aromatic carbocycles. The molecule has 0 saturated carbocycles. The quantitative estimate of drug-likeness (QED) is 0.827. The summed E-state index contributed by atoms with van der Waals surface area (Å²) in [4.78, 5) is 14.7. The molecule has 1 heterocycles. The highest BCUT2D eigenvalue weighted by molar-refractivity contribution is 5.97. The van der Waals surface area contributed by atoms with Gasteiger partial charge in [0.15, 0.2) is 5.78 Å². The third-order valence-electron chi connectivity index (χ3n) is 3.93. The van der Waals surface area contributed by atoms with Gasteiger partial charge in [0.2, 0.25) is 0 Å². The fourth-order valence-electron chi connectivity index (χ4n) is 2.67. The minimum absolute atomic E-state index is 0.174. The number of aliphatic hydroxyl groups excluding tert-OH is 1. The van der Waals surface area contributed by atoms with Crippen molar-refractivity contribution in [2.75, 3.05) is 26.2 Å². The number of aryl methyl sites for hydroxylation is 1. The lowest BCUT2D eigenvalue weighted by Gasteiger charge is -2.31. The summed E-state index contributed by atoms with van der Waals surface area (Å²) in [5.74, 6) is 0.467. The zero-order chi connectivity index (χ0) is 13.7. The fraction of sp³-hybridized carbons (Fsp3) is 0.562. The van der Waals surface area contributed by atoms with Gasteiger partial charge in [0.05, 0.1) is 0 Å². The maximum absolute atomic E-state index is 12.4. The molecule has 0 bridgehead atoms. The maximum atomic E-state index is 12.4. The number of benzene rings is 1. The van der Waals surface area contributed by atoms with Crippen LogP contribution in [-0.4, -0.2) is 42.0 Å². The number of rotatable bonds is 5. The van der Waals surface area contributed by atoms with Gasteiger partial charge < -0.3 is 10.0 Å². The number of likely N-dealkylation sites (tertiary alicyclic amines) is 1. The molecule has 1 saturated heterocycles. The summed E-state index contributed by atoms with van der Waals surface area (Å²) in [5.41, 5.74) is 2.04. The summed E-state index contributed by atoms with van der Waals surface area (Å²) < 4.78 is 0. The van der Waals surface area contributed by atoms with Crippen LogP contribution in [0.15, 0.2) is 24.3 Å². The third kappa shape index (κ3) is 3.88. The lowest BCUT2D eigenvalue weighted by atomic mass is 9.88. The van der Waals surface area contributed by atoms with E-state index in [1.54, 1.807) is 0 Å². The van der Waals surface area contributed by atoms with E-state index < -0.39 is 0 Å². The van der Waals surface area contributed by atoms with E-state index in [1.807, 2.05) is 31.2 Å². The standard InChI is InChI=1S/C16H23NO2/c1-13-3-5-14(6-4-13)16(19)15-7-10-17(11-8-15)9-2-12-18/h3-6,15,18H,2,7-12H2,1H3. The van der Waals surface area contributed by atoms with E-state index in [2.05, 4.69) is 4.90 Å². The normalized spacial score (nSPS) is 17.6. The average Bonchev–Trinajstić information content (AvgIpc) is 2.46. The molecule has 0 atom stereocenters. The second-order valence-corrected chi connectivity index (χ2v) is 5.42. The van der Waals surface area contributed by atoms with Crippen LogP contribution in [0.5, 0.6) is 0 Å². The summed E-state index contributed by atoms with van der Waals surface area (Å²) in [6.07, 6.45) is 2.72. The highest BCUT2D eigenvalue weighted by Gasteiger charge is 2.25. The zero-order valence-electron chi connectivity index (χ0n) is 11.6. The number of hydrogen-bond acceptors (Lipinski definition) is 3. The highest BCUT2D eigenvalue weighted by atomic mass is 16.3. The van der Waals surface area contributed by atoms with Crippen LogP contribution < -0.4 is 0 Å². The van der Waals surface area contributed by atoms with Crippen LogP contribution in [0, 0.1) is 12.8 Å². The Labute approximate surface area is 115 Å². The van der Waals surface area contributed by atoms with Crippen LogP contribution in [0.2, 0.25) is 0 Å². The number of Topliss-reactive ketones (excluding diaryl/α,β-unsaturated/α-hetero) is 1. The lowest BCUT2D eigenvalue weighted by Crippen LogP contribution is -2.37. The smallest absolute Gasteiger partial charge is 0.166 e. The second-order valence-electron chi connectivity index (χ2n) is 5.42. The highest BCUT2D eigenvalue weighted by Crippen LogP contribution is 2.22. The van der Waals surface area contributed by atoms with Gasteiger partial charge in [-0.3, -0.25) is 4.79 Å². The van der Waals surface area contributed by atoms with E-state index in [0.29, 0.717) is 5.78 Å². The molecule has 0 spiro atoms. The lowest BCUT2D eigenvalue weighted by molar-refractivity contribution is 0.0834. The van der Waals surface area contributed by atoms with E-state index in [-0.39, 0.29) is 12.5 Å². The number of hydrogen-bond donors (Lipinski definition) is 1. The molecular formula is C16H23NO2. The minimum atomic E-state index is 0.174.